The van der Waals surface area contributed by atoms with Crippen molar-refractivity contribution in [3.05, 3.63) is 22.6 Å². The maximum absolute atomic E-state index is 12.8. The van der Waals surface area contributed by atoms with Gasteiger partial charge in [0.1, 0.15) is 0 Å². The molecule has 3 rings (SSSR count). The molecule has 0 amide bonds. The summed E-state index contributed by atoms with van der Waals surface area (Å²) in [5.74, 6) is 3.53. The van der Waals surface area contributed by atoms with Crippen LogP contribution < -0.4 is 5.32 Å². The lowest BCUT2D eigenvalue weighted by atomic mass is 9.44. The molecular weight excluding hydrogens is 502 g/mol. The Labute approximate surface area is 242 Å². The molecule has 0 saturated heterocycles. The van der Waals surface area contributed by atoms with Gasteiger partial charge in [0.2, 0.25) is 0 Å². The van der Waals surface area contributed by atoms with E-state index < -0.39 is 10.1 Å². The molecule has 0 heterocycles. The lowest BCUT2D eigenvalue weighted by Crippen LogP contribution is -2.67. The number of nitrogens with one attached hydrogen (secondary N) is 1. The van der Waals surface area contributed by atoms with E-state index in [-0.39, 0.29) is 17.1 Å². The molecule has 0 aromatic heterocycles. The smallest absolute Gasteiger partial charge is 0.292 e. The van der Waals surface area contributed by atoms with Crippen LogP contribution in [0, 0.1) is 40.4 Å². The molecule has 0 aromatic carbocycles. The molecule has 0 radical (unpaired) electrons. The summed E-state index contributed by atoms with van der Waals surface area (Å²) in [7, 11) is -1.49. The van der Waals surface area contributed by atoms with Gasteiger partial charge in [-0.1, -0.05) is 78.5 Å². The lowest BCUT2D eigenvalue weighted by molar-refractivity contribution is -0.112. The van der Waals surface area contributed by atoms with Crippen molar-refractivity contribution in [3.63, 3.8) is 0 Å². The first-order chi connectivity index (χ1) is 18.2. The van der Waals surface area contributed by atoms with Crippen LogP contribution in [0.5, 0.6) is 0 Å². The van der Waals surface area contributed by atoms with Crippen LogP contribution in [0.15, 0.2) is 22.6 Å². The normalized spacial score (nSPS) is 39.2. The Kier molecular flexibility index (Phi) is 10.7. The minimum absolute atomic E-state index is 0.0315. The summed E-state index contributed by atoms with van der Waals surface area (Å²) in [6.45, 7) is 20.5. The molecular formula is C34H61NO3S. The minimum Gasteiger partial charge on any atom is -0.313 e. The fraction of sp³-hybridized carbons (Fsp3) is 0.882. The molecule has 3 aliphatic carbocycles. The highest BCUT2D eigenvalue weighted by Gasteiger charge is 2.65. The van der Waals surface area contributed by atoms with Crippen LogP contribution in [-0.2, 0) is 14.3 Å². The summed E-state index contributed by atoms with van der Waals surface area (Å²) in [4.78, 5) is 0.300. The summed E-state index contributed by atoms with van der Waals surface area (Å²) in [5.41, 5.74) is 1.84. The molecule has 1 N–H and O–H groups in total. The lowest BCUT2D eigenvalue weighted by Gasteiger charge is -2.64. The Morgan fingerprint density at radius 1 is 1.13 bits per heavy atom. The van der Waals surface area contributed by atoms with Gasteiger partial charge < -0.3 is 5.32 Å². The van der Waals surface area contributed by atoms with Crippen molar-refractivity contribution >= 4 is 10.1 Å². The van der Waals surface area contributed by atoms with E-state index in [1.807, 2.05) is 0 Å². The van der Waals surface area contributed by atoms with Gasteiger partial charge >= 0.3 is 0 Å². The quantitative estimate of drug-likeness (QED) is 0.225. The summed E-state index contributed by atoms with van der Waals surface area (Å²) in [5, 5.41) is 3.95. The van der Waals surface area contributed by atoms with Gasteiger partial charge in [0.05, 0.1) is 11.0 Å². The molecule has 39 heavy (non-hydrogen) atoms. The molecule has 0 spiro atoms. The Morgan fingerprint density at radius 3 is 2.44 bits per heavy atom. The molecule has 8 unspecified atom stereocenters. The monoisotopic (exact) mass is 563 g/mol. The highest BCUT2D eigenvalue weighted by Crippen LogP contribution is 2.68. The van der Waals surface area contributed by atoms with Crippen molar-refractivity contribution in [1.82, 2.24) is 5.32 Å². The summed E-state index contributed by atoms with van der Waals surface area (Å²) in [6, 6.07) is 0. The third-order valence-electron chi connectivity index (χ3n) is 12.1. The van der Waals surface area contributed by atoms with E-state index >= 15 is 0 Å². The molecule has 5 heteroatoms. The standard InChI is InChI=1S/C34H61NO3S/c1-11-28(7)39(36,37)38-29-16-15-27(6)34(35-10)22-21-32(8)30(26(5)14-12-13-24(2)3)17-18-31(32)33(34,9)20-19-25(4)23-29/h11,19,24,26-27,29-31,35H,12-18,20-23H2,1-10H3. The molecule has 0 bridgehead atoms. The summed E-state index contributed by atoms with van der Waals surface area (Å²) >= 11 is 0. The number of rotatable bonds is 9. The Bertz CT molecular complexity index is 1000. The van der Waals surface area contributed by atoms with Crippen molar-refractivity contribution in [2.75, 3.05) is 7.05 Å². The van der Waals surface area contributed by atoms with Gasteiger partial charge in [-0.25, -0.2) is 0 Å². The summed E-state index contributed by atoms with van der Waals surface area (Å²) < 4.78 is 31.4. The Morgan fingerprint density at radius 2 is 1.82 bits per heavy atom. The molecule has 0 aliphatic heterocycles. The van der Waals surface area contributed by atoms with E-state index in [4.69, 9.17) is 4.18 Å². The van der Waals surface area contributed by atoms with E-state index in [1.54, 1.807) is 19.9 Å². The molecule has 0 aromatic rings. The number of hydrogen-bond acceptors (Lipinski definition) is 4. The zero-order chi connectivity index (χ0) is 29.2. The van der Waals surface area contributed by atoms with Crippen LogP contribution in [0.4, 0.5) is 0 Å². The second-order valence-electron chi connectivity index (χ2n) is 14.7. The van der Waals surface area contributed by atoms with Crippen molar-refractivity contribution in [2.45, 2.75) is 145 Å². The zero-order valence-corrected chi connectivity index (χ0v) is 27.8. The second-order valence-corrected chi connectivity index (χ2v) is 16.4. The molecule has 226 valence electrons. The Balaban J connectivity index is 1.92. The first-order valence-electron chi connectivity index (χ1n) is 16.1. The number of fused-ring (bicyclic) bond motifs is 3. The molecule has 2 fully saturated rings. The first kappa shape index (κ1) is 32.9. The van der Waals surface area contributed by atoms with Crippen LogP contribution in [-0.4, -0.2) is 27.1 Å². The highest BCUT2D eigenvalue weighted by molar-refractivity contribution is 7.90. The van der Waals surface area contributed by atoms with Crippen molar-refractivity contribution in [2.24, 2.45) is 40.4 Å². The van der Waals surface area contributed by atoms with E-state index in [2.05, 4.69) is 66.9 Å². The van der Waals surface area contributed by atoms with E-state index in [0.717, 1.165) is 37.0 Å². The average molecular weight is 564 g/mol. The van der Waals surface area contributed by atoms with E-state index in [9.17, 15) is 8.42 Å². The van der Waals surface area contributed by atoms with Crippen LogP contribution in [0.25, 0.3) is 0 Å². The molecule has 8 atom stereocenters. The van der Waals surface area contributed by atoms with Gasteiger partial charge in [0.25, 0.3) is 10.1 Å². The number of hydrogen-bond donors (Lipinski definition) is 1. The van der Waals surface area contributed by atoms with Gasteiger partial charge in [-0.3, -0.25) is 4.18 Å². The molecule has 3 aliphatic rings. The second kappa shape index (κ2) is 12.7. The summed E-state index contributed by atoms with van der Waals surface area (Å²) in [6.07, 6.45) is 16.5. The molecule has 4 nitrogen and oxygen atoms in total. The average Bonchev–Trinajstić information content (AvgIpc) is 3.23. The maximum Gasteiger partial charge on any atom is 0.292 e. The minimum atomic E-state index is -3.68. The van der Waals surface area contributed by atoms with Gasteiger partial charge in [0.15, 0.2) is 0 Å². The van der Waals surface area contributed by atoms with Crippen LogP contribution in [0.1, 0.15) is 133 Å². The largest absolute Gasteiger partial charge is 0.313 e. The predicted octanol–water partition coefficient (Wildman–Crippen LogP) is 9.03. The zero-order valence-electron chi connectivity index (χ0n) is 27.0. The van der Waals surface area contributed by atoms with E-state index in [0.29, 0.717) is 28.6 Å². The van der Waals surface area contributed by atoms with Crippen LogP contribution in [0.2, 0.25) is 0 Å². The number of allylic oxidation sites excluding steroid dienone is 3. The third kappa shape index (κ3) is 6.41. The SMILES string of the molecule is CC=C(C)S(=O)(=O)OC1CCC(C)C2(NC)CCC3(C)C(C(C)CCCC(C)C)CCC3C2(C)CC=C(C)C1. The topological polar surface area (TPSA) is 55.4 Å². The van der Waals surface area contributed by atoms with Gasteiger partial charge in [-0.15, -0.1) is 0 Å². The third-order valence-corrected chi connectivity index (χ3v) is 13.6. The van der Waals surface area contributed by atoms with Crippen LogP contribution >= 0.6 is 0 Å². The first-order valence-corrected chi connectivity index (χ1v) is 17.5. The van der Waals surface area contributed by atoms with Gasteiger partial charge in [-0.2, -0.15) is 8.42 Å². The van der Waals surface area contributed by atoms with Crippen molar-refractivity contribution in [1.29, 1.82) is 0 Å². The maximum atomic E-state index is 12.8. The fourth-order valence-electron chi connectivity index (χ4n) is 9.60. The highest BCUT2D eigenvalue weighted by atomic mass is 32.2. The predicted molar refractivity (Wildman–Crippen MR) is 166 cm³/mol. The van der Waals surface area contributed by atoms with Gasteiger partial charge in [0, 0.05) is 5.54 Å². The van der Waals surface area contributed by atoms with E-state index in [1.165, 1.54) is 50.5 Å². The van der Waals surface area contributed by atoms with Crippen molar-refractivity contribution in [3.8, 4) is 0 Å². The fourth-order valence-corrected chi connectivity index (χ4v) is 10.6. The van der Waals surface area contributed by atoms with Gasteiger partial charge in [-0.05, 0) is 120 Å². The van der Waals surface area contributed by atoms with Crippen molar-refractivity contribution < 1.29 is 12.6 Å². The molecule has 2 saturated carbocycles. The Hall–Kier alpha value is -0.650. The van der Waals surface area contributed by atoms with Crippen LogP contribution in [0.3, 0.4) is 0 Å².